The van der Waals surface area contributed by atoms with Gasteiger partial charge in [-0.2, -0.15) is 0 Å². The van der Waals surface area contributed by atoms with E-state index in [0.29, 0.717) is 49.9 Å². The number of piperazine rings is 2. The predicted octanol–water partition coefficient (Wildman–Crippen LogP) is 2.03. The van der Waals surface area contributed by atoms with Gasteiger partial charge in [-0.05, 0) is 42.5 Å². The highest BCUT2D eigenvalue weighted by molar-refractivity contribution is 6.31. The zero-order valence-electron chi connectivity index (χ0n) is 18.5. The van der Waals surface area contributed by atoms with Crippen molar-refractivity contribution < 1.29 is 19.1 Å². The van der Waals surface area contributed by atoms with Crippen LogP contribution < -0.4 is 15.0 Å². The number of nitrogens with one attached hydrogen (secondary N) is 1. The molecular weight excluding hydrogens is 444 g/mol. The summed E-state index contributed by atoms with van der Waals surface area (Å²) in [5, 5.41) is 3.23. The third kappa shape index (κ3) is 5.22. The summed E-state index contributed by atoms with van der Waals surface area (Å²) in [6.07, 6.45) is -0.0410. The van der Waals surface area contributed by atoms with E-state index in [1.807, 2.05) is 24.3 Å². The van der Waals surface area contributed by atoms with Crippen LogP contribution in [-0.4, -0.2) is 79.9 Å². The summed E-state index contributed by atoms with van der Waals surface area (Å²) in [6, 6.07) is 13.6. The van der Waals surface area contributed by atoms with Crippen molar-refractivity contribution in [3.63, 3.8) is 0 Å². The molecule has 2 aromatic rings. The largest absolute Gasteiger partial charge is 0.497 e. The first-order valence-corrected chi connectivity index (χ1v) is 11.3. The maximum Gasteiger partial charge on any atom is 0.254 e. The molecule has 0 spiro atoms. The number of carbonyl (C=O) groups excluding carboxylic acids is 3. The van der Waals surface area contributed by atoms with Crippen LogP contribution >= 0.6 is 11.6 Å². The first-order valence-electron chi connectivity index (χ1n) is 11.0. The van der Waals surface area contributed by atoms with E-state index in [9.17, 15) is 14.4 Å². The number of ether oxygens (including phenoxy) is 1. The number of nitrogens with zero attached hydrogens (tertiary/aromatic N) is 3. The van der Waals surface area contributed by atoms with Gasteiger partial charge in [-0.25, -0.2) is 0 Å². The number of rotatable bonds is 5. The number of hydrogen-bond acceptors (Lipinski definition) is 5. The molecule has 33 heavy (non-hydrogen) atoms. The van der Waals surface area contributed by atoms with Crippen LogP contribution in [0.5, 0.6) is 5.75 Å². The molecular formula is C24H27ClN4O4. The molecule has 1 atom stereocenters. The minimum atomic E-state index is -0.836. The molecule has 2 aliphatic rings. The highest BCUT2D eigenvalue weighted by Gasteiger charge is 2.36. The van der Waals surface area contributed by atoms with Gasteiger partial charge < -0.3 is 24.8 Å². The van der Waals surface area contributed by atoms with Crippen molar-refractivity contribution in [2.24, 2.45) is 0 Å². The van der Waals surface area contributed by atoms with Crippen LogP contribution in [0.15, 0.2) is 48.5 Å². The van der Waals surface area contributed by atoms with Crippen molar-refractivity contribution in [3.8, 4) is 5.75 Å². The third-order valence-corrected chi connectivity index (χ3v) is 6.34. The van der Waals surface area contributed by atoms with Gasteiger partial charge in [0.05, 0.1) is 13.5 Å². The molecule has 0 radical (unpaired) electrons. The Balaban J connectivity index is 1.38. The first-order chi connectivity index (χ1) is 16.0. The zero-order valence-corrected chi connectivity index (χ0v) is 19.3. The summed E-state index contributed by atoms with van der Waals surface area (Å²) in [6.45, 7) is 3.21. The van der Waals surface area contributed by atoms with Crippen molar-refractivity contribution in [1.82, 2.24) is 15.1 Å². The van der Waals surface area contributed by atoms with Gasteiger partial charge in [-0.15, -0.1) is 0 Å². The van der Waals surface area contributed by atoms with E-state index in [4.69, 9.17) is 16.3 Å². The number of hydrogen-bond donors (Lipinski definition) is 1. The first kappa shape index (κ1) is 22.9. The van der Waals surface area contributed by atoms with Crippen LogP contribution in [0.25, 0.3) is 0 Å². The van der Waals surface area contributed by atoms with Gasteiger partial charge >= 0.3 is 0 Å². The molecule has 2 saturated heterocycles. The van der Waals surface area contributed by atoms with Gasteiger partial charge in [-0.1, -0.05) is 17.7 Å². The Morgan fingerprint density at radius 3 is 2.45 bits per heavy atom. The lowest BCUT2D eigenvalue weighted by Crippen LogP contribution is -2.59. The number of amides is 3. The Bertz CT molecular complexity index is 1020. The predicted molar refractivity (Wildman–Crippen MR) is 126 cm³/mol. The lowest BCUT2D eigenvalue weighted by molar-refractivity contribution is -0.138. The molecule has 0 aromatic heterocycles. The fraction of sp³-hybridized carbons (Fsp3) is 0.375. The van der Waals surface area contributed by atoms with Crippen molar-refractivity contribution in [3.05, 3.63) is 59.1 Å². The maximum absolute atomic E-state index is 13.1. The zero-order chi connectivity index (χ0) is 23.4. The Morgan fingerprint density at radius 1 is 1.06 bits per heavy atom. The highest BCUT2D eigenvalue weighted by atomic mass is 35.5. The van der Waals surface area contributed by atoms with Crippen LogP contribution in [0, 0.1) is 0 Å². The van der Waals surface area contributed by atoms with E-state index >= 15 is 0 Å². The second kappa shape index (κ2) is 10.1. The molecule has 0 saturated carbocycles. The normalized spacial score (nSPS) is 18.7. The second-order valence-electron chi connectivity index (χ2n) is 8.09. The maximum atomic E-state index is 13.1. The number of anilines is 1. The molecule has 0 aliphatic carbocycles. The standard InChI is InChI=1S/C24H27ClN4O4/c1-33-20-7-5-19(6-8-20)27-11-13-28(14-12-27)22(30)16-21-23(31)26-9-10-29(21)24(32)17-3-2-4-18(25)15-17/h2-8,15,21H,9-14,16H2,1H3,(H,26,31)/t21-/m1/s1. The van der Waals surface area contributed by atoms with Gasteiger partial charge in [0.1, 0.15) is 11.8 Å². The summed E-state index contributed by atoms with van der Waals surface area (Å²) in [5.41, 5.74) is 1.48. The monoisotopic (exact) mass is 470 g/mol. The molecule has 3 amide bonds. The van der Waals surface area contributed by atoms with Crippen molar-refractivity contribution in [2.75, 3.05) is 51.3 Å². The number of benzene rings is 2. The second-order valence-corrected chi connectivity index (χ2v) is 8.52. The SMILES string of the molecule is COc1ccc(N2CCN(C(=O)C[C@@H]3C(=O)NCCN3C(=O)c3cccc(Cl)c3)CC2)cc1. The van der Waals surface area contributed by atoms with E-state index < -0.39 is 6.04 Å². The number of carbonyl (C=O) groups is 3. The summed E-state index contributed by atoms with van der Waals surface area (Å²) in [4.78, 5) is 44.2. The molecule has 174 valence electrons. The topological polar surface area (TPSA) is 82.2 Å². The molecule has 4 rings (SSSR count). The average molecular weight is 471 g/mol. The van der Waals surface area contributed by atoms with Gasteiger partial charge in [0.2, 0.25) is 11.8 Å². The van der Waals surface area contributed by atoms with E-state index in [1.54, 1.807) is 36.3 Å². The quantitative estimate of drug-likeness (QED) is 0.723. The van der Waals surface area contributed by atoms with Crippen LogP contribution in [0.1, 0.15) is 16.8 Å². The molecule has 2 aromatic carbocycles. The smallest absolute Gasteiger partial charge is 0.254 e. The average Bonchev–Trinajstić information content (AvgIpc) is 2.85. The Kier molecular flexibility index (Phi) is 7.03. The molecule has 2 aliphatic heterocycles. The van der Waals surface area contributed by atoms with Crippen LogP contribution in [0.4, 0.5) is 5.69 Å². The fourth-order valence-corrected chi connectivity index (χ4v) is 4.44. The van der Waals surface area contributed by atoms with Gasteiger partial charge in [0.15, 0.2) is 0 Å². The lowest BCUT2D eigenvalue weighted by Gasteiger charge is -2.39. The molecule has 0 unspecified atom stereocenters. The Morgan fingerprint density at radius 2 is 1.79 bits per heavy atom. The van der Waals surface area contributed by atoms with Crippen molar-refractivity contribution in [2.45, 2.75) is 12.5 Å². The summed E-state index contributed by atoms with van der Waals surface area (Å²) in [7, 11) is 1.63. The van der Waals surface area contributed by atoms with E-state index in [0.717, 1.165) is 11.4 Å². The van der Waals surface area contributed by atoms with Crippen LogP contribution in [0.2, 0.25) is 5.02 Å². The molecule has 9 heteroatoms. The molecule has 2 heterocycles. The third-order valence-electron chi connectivity index (χ3n) is 6.10. The fourth-order valence-electron chi connectivity index (χ4n) is 4.25. The van der Waals surface area contributed by atoms with Crippen molar-refractivity contribution in [1.29, 1.82) is 0 Å². The van der Waals surface area contributed by atoms with E-state index in [1.165, 1.54) is 4.90 Å². The molecule has 0 bridgehead atoms. The van der Waals surface area contributed by atoms with Crippen LogP contribution in [-0.2, 0) is 9.59 Å². The molecule has 1 N–H and O–H groups in total. The molecule has 2 fully saturated rings. The lowest BCUT2D eigenvalue weighted by atomic mass is 10.1. The van der Waals surface area contributed by atoms with Gasteiger partial charge in [0, 0.05) is 55.5 Å². The summed E-state index contributed by atoms with van der Waals surface area (Å²) < 4.78 is 5.21. The summed E-state index contributed by atoms with van der Waals surface area (Å²) >= 11 is 6.03. The van der Waals surface area contributed by atoms with Crippen LogP contribution in [0.3, 0.4) is 0 Å². The minimum absolute atomic E-state index is 0.0410. The number of methoxy groups -OCH3 is 1. The number of halogens is 1. The molecule has 8 nitrogen and oxygen atoms in total. The Hall–Kier alpha value is -3.26. The van der Waals surface area contributed by atoms with Gasteiger partial charge in [0.25, 0.3) is 5.91 Å². The van der Waals surface area contributed by atoms with Crippen molar-refractivity contribution >= 4 is 35.0 Å². The Labute approximate surface area is 198 Å². The summed E-state index contributed by atoms with van der Waals surface area (Å²) in [5.74, 6) is 0.0712. The van der Waals surface area contributed by atoms with E-state index in [2.05, 4.69) is 10.2 Å². The highest BCUT2D eigenvalue weighted by Crippen LogP contribution is 2.22. The van der Waals surface area contributed by atoms with Gasteiger partial charge in [-0.3, -0.25) is 14.4 Å². The minimum Gasteiger partial charge on any atom is -0.497 e. The van der Waals surface area contributed by atoms with E-state index in [-0.39, 0.29) is 24.1 Å².